The van der Waals surface area contributed by atoms with E-state index in [0.29, 0.717) is 16.8 Å². The zero-order chi connectivity index (χ0) is 24.3. The third-order valence-corrected chi connectivity index (χ3v) is 3.72. The molecule has 0 heterocycles. The third kappa shape index (κ3) is 9.61. The van der Waals surface area contributed by atoms with Crippen LogP contribution in [0.15, 0.2) is 54.6 Å². The molecule has 172 valence electrons. The number of hydrogen-bond acceptors (Lipinski definition) is 5. The topological polar surface area (TPSA) is 159 Å². The Kier molecular flexibility index (Phi) is 9.67. The normalized spacial score (nSPS) is 11.3. The van der Waals surface area contributed by atoms with Crippen molar-refractivity contribution >= 4 is 29.4 Å². The van der Waals surface area contributed by atoms with Gasteiger partial charge in [0.2, 0.25) is 5.91 Å². The Bertz CT molecular complexity index is 951. The van der Waals surface area contributed by atoms with Crippen LogP contribution in [0.25, 0.3) is 0 Å². The van der Waals surface area contributed by atoms with Gasteiger partial charge in [-0.1, -0.05) is 36.4 Å². The summed E-state index contributed by atoms with van der Waals surface area (Å²) in [7, 11) is 0. The van der Waals surface area contributed by atoms with Gasteiger partial charge in [0.1, 0.15) is 0 Å². The maximum atomic E-state index is 12.1. The number of carbonyl (C=O) groups is 4. The molecule has 0 spiro atoms. The summed E-state index contributed by atoms with van der Waals surface area (Å²) in [5, 5.41) is 21.2. The van der Waals surface area contributed by atoms with Crippen molar-refractivity contribution < 1.29 is 42.6 Å². The van der Waals surface area contributed by atoms with Crippen molar-refractivity contribution in [3.63, 3.8) is 0 Å². The van der Waals surface area contributed by atoms with Gasteiger partial charge >= 0.3 is 18.1 Å². The number of nitrogen functional groups attached to an aromatic ring is 1. The van der Waals surface area contributed by atoms with E-state index < -0.39 is 36.0 Å². The molecule has 12 heteroatoms. The summed E-state index contributed by atoms with van der Waals surface area (Å²) in [6.07, 6.45) is -5.33. The van der Waals surface area contributed by atoms with Crippen LogP contribution in [0.1, 0.15) is 28.4 Å². The van der Waals surface area contributed by atoms with Gasteiger partial charge in [0.15, 0.2) is 0 Å². The number of nitrogens with two attached hydrogens (primary N) is 1. The first kappa shape index (κ1) is 25.9. The van der Waals surface area contributed by atoms with Gasteiger partial charge in [-0.05, 0) is 23.8 Å². The number of carboxylic acids is 2. The number of rotatable bonds is 7. The highest BCUT2D eigenvalue weighted by Gasteiger charge is 2.38. The van der Waals surface area contributed by atoms with Crippen LogP contribution >= 0.6 is 0 Å². The molecule has 2 aromatic rings. The second kappa shape index (κ2) is 11.9. The van der Waals surface area contributed by atoms with Crippen LogP contribution in [-0.2, 0) is 14.4 Å². The predicted octanol–water partition coefficient (Wildman–Crippen LogP) is 1.96. The molecular weight excluding hydrogens is 435 g/mol. The minimum atomic E-state index is -5.08. The van der Waals surface area contributed by atoms with Crippen molar-refractivity contribution in [2.75, 3.05) is 12.3 Å². The SMILES string of the molecule is Nc1cccc(C(=O)NCC(=O)NC(CC(=O)O)c2ccccc2)c1.O=C(O)C(F)(F)F. The summed E-state index contributed by atoms with van der Waals surface area (Å²) >= 11 is 0. The number of alkyl halides is 3. The lowest BCUT2D eigenvalue weighted by Crippen LogP contribution is -2.39. The number of halogens is 3. The zero-order valence-corrected chi connectivity index (χ0v) is 16.4. The number of carboxylic acid groups (broad SMARTS) is 2. The average Bonchev–Trinajstić information content (AvgIpc) is 2.71. The van der Waals surface area contributed by atoms with E-state index in [-0.39, 0.29) is 13.0 Å². The van der Waals surface area contributed by atoms with E-state index in [9.17, 15) is 27.6 Å². The quantitative estimate of drug-likeness (QED) is 0.399. The summed E-state index contributed by atoms with van der Waals surface area (Å²) < 4.78 is 31.7. The Morgan fingerprint density at radius 2 is 1.56 bits per heavy atom. The molecule has 2 amide bonds. The summed E-state index contributed by atoms with van der Waals surface area (Å²) in [6, 6.07) is 14.5. The molecule has 1 atom stereocenters. The molecule has 32 heavy (non-hydrogen) atoms. The first-order valence-corrected chi connectivity index (χ1v) is 8.90. The fourth-order valence-electron chi connectivity index (χ4n) is 2.30. The highest BCUT2D eigenvalue weighted by Crippen LogP contribution is 2.16. The average molecular weight is 455 g/mol. The molecule has 0 aliphatic carbocycles. The van der Waals surface area contributed by atoms with Crippen molar-refractivity contribution in [2.24, 2.45) is 0 Å². The van der Waals surface area contributed by atoms with E-state index >= 15 is 0 Å². The van der Waals surface area contributed by atoms with Gasteiger partial charge in [0.05, 0.1) is 19.0 Å². The fraction of sp³-hybridized carbons (Fsp3) is 0.200. The zero-order valence-electron chi connectivity index (χ0n) is 16.4. The van der Waals surface area contributed by atoms with Gasteiger partial charge in [0, 0.05) is 11.3 Å². The Labute approximate surface area is 180 Å². The van der Waals surface area contributed by atoms with Crippen molar-refractivity contribution in [1.82, 2.24) is 10.6 Å². The van der Waals surface area contributed by atoms with Crippen LogP contribution in [0.5, 0.6) is 0 Å². The molecule has 6 N–H and O–H groups in total. The Balaban J connectivity index is 0.000000633. The van der Waals surface area contributed by atoms with Gasteiger partial charge in [-0.2, -0.15) is 13.2 Å². The summed E-state index contributed by atoms with van der Waals surface area (Å²) in [5.74, 6) is -4.70. The van der Waals surface area contributed by atoms with Crippen LogP contribution in [0.3, 0.4) is 0 Å². The van der Waals surface area contributed by atoms with Gasteiger partial charge in [-0.3, -0.25) is 14.4 Å². The van der Waals surface area contributed by atoms with E-state index in [0.717, 1.165) is 0 Å². The first-order valence-electron chi connectivity index (χ1n) is 8.90. The van der Waals surface area contributed by atoms with Crippen molar-refractivity contribution in [1.29, 1.82) is 0 Å². The molecule has 0 aromatic heterocycles. The van der Waals surface area contributed by atoms with E-state index in [2.05, 4.69) is 10.6 Å². The molecule has 0 saturated carbocycles. The minimum absolute atomic E-state index is 0.251. The number of carbonyl (C=O) groups excluding carboxylic acids is 2. The lowest BCUT2D eigenvalue weighted by atomic mass is 10.0. The number of nitrogens with one attached hydrogen (secondary N) is 2. The number of amides is 2. The van der Waals surface area contributed by atoms with E-state index in [1.165, 1.54) is 6.07 Å². The smallest absolute Gasteiger partial charge is 0.481 e. The van der Waals surface area contributed by atoms with Gasteiger partial charge < -0.3 is 26.6 Å². The Morgan fingerprint density at radius 1 is 0.969 bits per heavy atom. The van der Waals surface area contributed by atoms with E-state index in [4.69, 9.17) is 20.7 Å². The largest absolute Gasteiger partial charge is 0.490 e. The Hall–Kier alpha value is -4.09. The number of aliphatic carboxylic acids is 2. The van der Waals surface area contributed by atoms with Crippen LogP contribution in [0.2, 0.25) is 0 Å². The molecule has 0 aliphatic rings. The third-order valence-electron chi connectivity index (χ3n) is 3.72. The number of hydrogen-bond donors (Lipinski definition) is 5. The maximum Gasteiger partial charge on any atom is 0.490 e. The van der Waals surface area contributed by atoms with Crippen molar-refractivity contribution in [3.8, 4) is 0 Å². The van der Waals surface area contributed by atoms with Crippen molar-refractivity contribution in [2.45, 2.75) is 18.6 Å². The summed E-state index contributed by atoms with van der Waals surface area (Å²) in [4.78, 5) is 44.0. The molecule has 0 radical (unpaired) electrons. The van der Waals surface area contributed by atoms with Gasteiger partial charge in [-0.15, -0.1) is 0 Å². The van der Waals surface area contributed by atoms with Crippen LogP contribution < -0.4 is 16.4 Å². The second-order valence-electron chi connectivity index (χ2n) is 6.24. The van der Waals surface area contributed by atoms with Gasteiger partial charge in [-0.25, -0.2) is 4.79 Å². The van der Waals surface area contributed by atoms with E-state index in [1.54, 1.807) is 48.5 Å². The highest BCUT2D eigenvalue weighted by atomic mass is 19.4. The van der Waals surface area contributed by atoms with Crippen LogP contribution in [0.4, 0.5) is 18.9 Å². The maximum absolute atomic E-state index is 12.1. The lowest BCUT2D eigenvalue weighted by molar-refractivity contribution is -0.192. The van der Waals surface area contributed by atoms with E-state index in [1.807, 2.05) is 0 Å². The highest BCUT2D eigenvalue weighted by molar-refractivity contribution is 5.97. The monoisotopic (exact) mass is 455 g/mol. The van der Waals surface area contributed by atoms with Crippen LogP contribution in [-0.4, -0.2) is 46.7 Å². The molecule has 2 aromatic carbocycles. The number of benzene rings is 2. The molecule has 2 rings (SSSR count). The molecule has 0 aliphatic heterocycles. The standard InChI is InChI=1S/C18H19N3O4.C2HF3O2/c19-14-8-4-7-13(9-14)18(25)20-11-16(22)21-15(10-17(23)24)12-5-2-1-3-6-12;3-2(4,5)1(6)7/h1-9,15H,10-11,19H2,(H,20,25)(H,21,22)(H,23,24);(H,6,7). The van der Waals surface area contributed by atoms with Crippen molar-refractivity contribution in [3.05, 3.63) is 65.7 Å². The lowest BCUT2D eigenvalue weighted by Gasteiger charge is -2.17. The Morgan fingerprint density at radius 3 is 2.06 bits per heavy atom. The summed E-state index contributed by atoms with van der Waals surface area (Å²) in [5.41, 5.74) is 7.09. The summed E-state index contributed by atoms with van der Waals surface area (Å²) in [6.45, 7) is -0.267. The number of anilines is 1. The minimum Gasteiger partial charge on any atom is -0.481 e. The van der Waals surface area contributed by atoms with Gasteiger partial charge in [0.25, 0.3) is 5.91 Å². The molecule has 1 unspecified atom stereocenters. The molecule has 0 fully saturated rings. The first-order chi connectivity index (χ1) is 14.9. The fourth-order valence-corrected chi connectivity index (χ4v) is 2.30. The molecular formula is C20H20F3N3O6. The molecule has 9 nitrogen and oxygen atoms in total. The predicted molar refractivity (Wildman–Crippen MR) is 106 cm³/mol. The molecule has 0 bridgehead atoms. The second-order valence-corrected chi connectivity index (χ2v) is 6.24. The molecule has 0 saturated heterocycles. The van der Waals surface area contributed by atoms with Crippen LogP contribution in [0, 0.1) is 0 Å².